The van der Waals surface area contributed by atoms with Gasteiger partial charge in [0.25, 0.3) is 0 Å². The molecular weight excluding hydrogens is 691 g/mol. The van der Waals surface area contributed by atoms with Crippen molar-refractivity contribution in [3.8, 4) is 0 Å². The summed E-state index contributed by atoms with van der Waals surface area (Å²) in [6.45, 7) is 5.11. The van der Waals surface area contributed by atoms with Crippen LogP contribution in [0.2, 0.25) is 0 Å². The molecule has 5 rings (SSSR count). The number of rotatable bonds is 15. The van der Waals surface area contributed by atoms with Crippen molar-refractivity contribution in [3.63, 3.8) is 0 Å². The van der Waals surface area contributed by atoms with Gasteiger partial charge in [0.1, 0.15) is 12.1 Å². The third-order valence-electron chi connectivity index (χ3n) is 9.91. The minimum Gasteiger partial charge on any atom is -0.461 e. The van der Waals surface area contributed by atoms with E-state index in [9.17, 15) is 29.4 Å². The number of nitrogens with one attached hydrogen (secondary N) is 2. The molecule has 2 heterocycles. The zero-order valence-electron chi connectivity index (χ0n) is 29.7. The lowest BCUT2D eigenvalue weighted by atomic mass is 9.83. The molecular formula is C38H53N3O8S2. The second-order valence-corrected chi connectivity index (χ2v) is 16.9. The maximum Gasteiger partial charge on any atom is 0.337 e. The van der Waals surface area contributed by atoms with Gasteiger partial charge in [-0.1, -0.05) is 74.6 Å². The van der Waals surface area contributed by atoms with Gasteiger partial charge >= 0.3 is 5.97 Å². The lowest BCUT2D eigenvalue weighted by molar-refractivity contribution is -0.159. The van der Waals surface area contributed by atoms with Crippen LogP contribution in [0.3, 0.4) is 0 Å². The normalized spacial score (nSPS) is 20.4. The summed E-state index contributed by atoms with van der Waals surface area (Å²) >= 11 is 3.03. The molecule has 4 N–H and O–H groups in total. The van der Waals surface area contributed by atoms with Crippen LogP contribution in [-0.2, 0) is 35.1 Å². The van der Waals surface area contributed by atoms with Gasteiger partial charge in [-0.05, 0) is 48.9 Å². The van der Waals surface area contributed by atoms with E-state index in [-0.39, 0.29) is 29.2 Å². The summed E-state index contributed by atoms with van der Waals surface area (Å²) in [5, 5.41) is 30.6. The number of nitrogens with zero attached hydrogens (tertiary/aromatic N) is 1. The van der Waals surface area contributed by atoms with E-state index >= 15 is 0 Å². The second-order valence-electron chi connectivity index (χ2n) is 14.2. The molecule has 2 saturated heterocycles. The van der Waals surface area contributed by atoms with E-state index in [1.165, 1.54) is 23.5 Å². The Balaban J connectivity index is 1.39. The Labute approximate surface area is 309 Å². The number of thioether (sulfide) groups is 2. The van der Waals surface area contributed by atoms with E-state index in [0.29, 0.717) is 32.7 Å². The van der Waals surface area contributed by atoms with Gasteiger partial charge in [0.05, 0.1) is 35.9 Å². The Morgan fingerprint density at radius 3 is 2.29 bits per heavy atom. The van der Waals surface area contributed by atoms with Crippen LogP contribution in [0.1, 0.15) is 64.4 Å². The van der Waals surface area contributed by atoms with Gasteiger partial charge in [0.15, 0.2) is 6.10 Å². The first-order valence-corrected chi connectivity index (χ1v) is 20.4. The first kappa shape index (κ1) is 39.4. The number of ether oxygens (including phenoxy) is 2. The lowest BCUT2D eigenvalue weighted by Crippen LogP contribution is -2.60. The van der Waals surface area contributed by atoms with Gasteiger partial charge < -0.3 is 35.2 Å². The van der Waals surface area contributed by atoms with Crippen molar-refractivity contribution < 1.29 is 38.9 Å². The number of fused-ring (bicyclic) bond motifs is 1. The zero-order valence-corrected chi connectivity index (χ0v) is 31.3. The van der Waals surface area contributed by atoms with Crippen LogP contribution < -0.4 is 10.6 Å². The first-order valence-electron chi connectivity index (χ1n) is 18.3. The molecule has 51 heavy (non-hydrogen) atoms. The summed E-state index contributed by atoms with van der Waals surface area (Å²) in [5.41, 5.74) is 0.867. The van der Waals surface area contributed by atoms with E-state index < -0.39 is 54.1 Å². The van der Waals surface area contributed by atoms with Gasteiger partial charge in [-0.3, -0.25) is 14.4 Å². The highest BCUT2D eigenvalue weighted by atomic mass is 32.2. The number of hydrogen-bond donors (Lipinski definition) is 4. The van der Waals surface area contributed by atoms with Crippen LogP contribution in [0.15, 0.2) is 42.5 Å². The van der Waals surface area contributed by atoms with Gasteiger partial charge in [-0.15, -0.1) is 23.5 Å². The summed E-state index contributed by atoms with van der Waals surface area (Å²) in [6, 6.07) is 11.5. The van der Waals surface area contributed by atoms with E-state index in [4.69, 9.17) is 9.47 Å². The summed E-state index contributed by atoms with van der Waals surface area (Å²) < 4.78 is 10.4. The van der Waals surface area contributed by atoms with E-state index in [1.807, 2.05) is 42.5 Å². The molecule has 0 unspecified atom stereocenters. The van der Waals surface area contributed by atoms with Crippen molar-refractivity contribution in [2.24, 2.45) is 11.8 Å². The van der Waals surface area contributed by atoms with E-state index in [2.05, 4.69) is 10.6 Å². The summed E-state index contributed by atoms with van der Waals surface area (Å²) in [4.78, 5) is 56.6. The highest BCUT2D eigenvalue weighted by molar-refractivity contribution is 8.20. The number of morpholine rings is 1. The molecule has 3 amide bonds. The quantitative estimate of drug-likeness (QED) is 0.199. The number of aliphatic hydroxyl groups is 2. The van der Waals surface area contributed by atoms with E-state index in [1.54, 1.807) is 18.7 Å². The second kappa shape index (κ2) is 19.3. The fourth-order valence-corrected chi connectivity index (χ4v) is 10.1. The molecule has 3 fully saturated rings. The van der Waals surface area contributed by atoms with Crippen LogP contribution in [0, 0.1) is 11.8 Å². The lowest BCUT2D eigenvalue weighted by Gasteiger charge is -2.33. The predicted molar refractivity (Wildman–Crippen MR) is 200 cm³/mol. The topological polar surface area (TPSA) is 154 Å². The third kappa shape index (κ3) is 11.3. The Bertz CT molecular complexity index is 1480. The van der Waals surface area contributed by atoms with Crippen molar-refractivity contribution in [2.45, 2.75) is 100 Å². The van der Waals surface area contributed by atoms with Crippen molar-refractivity contribution in [1.29, 1.82) is 0 Å². The fourth-order valence-electron chi connectivity index (χ4n) is 7.16. The van der Waals surface area contributed by atoms with Crippen LogP contribution in [0.5, 0.6) is 0 Å². The molecule has 3 aliphatic rings. The third-order valence-corrected chi connectivity index (χ3v) is 13.1. The minimum absolute atomic E-state index is 0.0832. The predicted octanol–water partition coefficient (Wildman–Crippen LogP) is 3.67. The molecule has 13 heteroatoms. The molecule has 0 aromatic heterocycles. The SMILES string of the molecule is CC(C)OC(=O)[C@H](O)[C@H](CC1CCCCC1)NC(=O)[C@@H](NC(=O)[C@@H](CC(=O)N1CCOCC1)Cc1ccc2ccccc2c1)[C@H](O)C1SCCS1. The molecule has 1 saturated carbocycles. The smallest absolute Gasteiger partial charge is 0.337 e. The van der Waals surface area contributed by atoms with Gasteiger partial charge in [0, 0.05) is 31.0 Å². The highest BCUT2D eigenvalue weighted by Crippen LogP contribution is 2.36. The Kier molecular flexibility index (Phi) is 14.9. The van der Waals surface area contributed by atoms with Crippen molar-refractivity contribution in [1.82, 2.24) is 15.5 Å². The van der Waals surface area contributed by atoms with Gasteiger partial charge in [-0.25, -0.2) is 4.79 Å². The van der Waals surface area contributed by atoms with Crippen molar-refractivity contribution >= 4 is 58.0 Å². The Morgan fingerprint density at radius 2 is 1.61 bits per heavy atom. The molecule has 280 valence electrons. The zero-order chi connectivity index (χ0) is 36.3. The standard InChI is InChI=1S/C38H53N3O8S2/c1-24(2)49-37(47)33(43)30(22-25-8-4-3-5-9-25)39-36(46)32(34(44)38-50-18-19-51-38)40-35(45)29(23-31(42)41-14-16-48-17-15-41)21-26-12-13-27-10-6-7-11-28(27)20-26/h6-7,10-13,20,24-25,29-30,32-34,38,43-44H,3-5,8-9,14-19,21-23H2,1-2H3,(H,39,46)(H,40,45)/t29-,30+,32+,33-,34+/m1/s1. The monoisotopic (exact) mass is 743 g/mol. The molecule has 11 nitrogen and oxygen atoms in total. The number of hydrogen-bond acceptors (Lipinski definition) is 10. The number of carbonyl (C=O) groups is 4. The molecule has 2 aliphatic heterocycles. The summed E-state index contributed by atoms with van der Waals surface area (Å²) in [6.07, 6.45) is 2.22. The van der Waals surface area contributed by atoms with Crippen molar-refractivity contribution in [3.05, 3.63) is 48.0 Å². The Hall–Kier alpha value is -2.84. The summed E-state index contributed by atoms with van der Waals surface area (Å²) in [7, 11) is 0. The molecule has 1 aliphatic carbocycles. The van der Waals surface area contributed by atoms with Gasteiger partial charge in [0.2, 0.25) is 17.7 Å². The number of benzene rings is 2. The van der Waals surface area contributed by atoms with Crippen molar-refractivity contribution in [2.75, 3.05) is 37.8 Å². The molecule has 2 aromatic carbocycles. The Morgan fingerprint density at radius 1 is 0.922 bits per heavy atom. The largest absolute Gasteiger partial charge is 0.461 e. The number of esters is 1. The van der Waals surface area contributed by atoms with Gasteiger partial charge in [-0.2, -0.15) is 0 Å². The number of carbonyl (C=O) groups excluding carboxylic acids is 4. The van der Waals surface area contributed by atoms with Crippen LogP contribution in [-0.4, -0.2) is 112 Å². The fraction of sp³-hybridized carbons (Fsp3) is 0.632. The maximum absolute atomic E-state index is 14.3. The van der Waals surface area contributed by atoms with Crippen LogP contribution in [0.25, 0.3) is 10.8 Å². The molecule has 0 spiro atoms. The molecule has 0 bridgehead atoms. The van der Waals surface area contributed by atoms with E-state index in [0.717, 1.165) is 59.9 Å². The maximum atomic E-state index is 14.3. The van der Waals surface area contributed by atoms with Crippen LogP contribution >= 0.6 is 23.5 Å². The average Bonchev–Trinajstić information content (AvgIpc) is 3.68. The molecule has 5 atom stereocenters. The number of aliphatic hydroxyl groups excluding tert-OH is 2. The van der Waals surface area contributed by atoms with Crippen LogP contribution in [0.4, 0.5) is 0 Å². The molecule has 0 radical (unpaired) electrons. The minimum atomic E-state index is -1.62. The first-order chi connectivity index (χ1) is 24.6. The highest BCUT2D eigenvalue weighted by Gasteiger charge is 2.41. The summed E-state index contributed by atoms with van der Waals surface area (Å²) in [5.74, 6) is -1.28. The average molecular weight is 744 g/mol. The molecule has 2 aromatic rings. The number of amides is 3.